The predicted octanol–water partition coefficient (Wildman–Crippen LogP) is 2.11. The first-order valence-corrected chi connectivity index (χ1v) is 4.95. The van der Waals surface area contributed by atoms with Crippen molar-refractivity contribution in [1.82, 2.24) is 4.98 Å². The van der Waals surface area contributed by atoms with Crippen LogP contribution >= 0.6 is 0 Å². The molecule has 0 unspecified atom stereocenters. The highest BCUT2D eigenvalue weighted by Crippen LogP contribution is 2.21. The second-order valence-electron chi connectivity index (χ2n) is 3.44. The second kappa shape index (κ2) is 4.45. The molecule has 0 atom stereocenters. The SMILES string of the molecule is N#CCc1cc(=O)[nH]cc1-c1ccccc1. The van der Waals surface area contributed by atoms with Gasteiger partial charge in [-0.25, -0.2) is 0 Å². The molecule has 0 spiro atoms. The zero-order valence-corrected chi connectivity index (χ0v) is 8.60. The lowest BCUT2D eigenvalue weighted by Crippen LogP contribution is -2.06. The number of nitrogens with zero attached hydrogens (tertiary/aromatic N) is 1. The molecular formula is C13H10N2O. The summed E-state index contributed by atoms with van der Waals surface area (Å²) in [5, 5.41) is 8.72. The summed E-state index contributed by atoms with van der Waals surface area (Å²) in [7, 11) is 0. The summed E-state index contributed by atoms with van der Waals surface area (Å²) in [5.74, 6) is 0. The number of hydrogen-bond acceptors (Lipinski definition) is 2. The van der Waals surface area contributed by atoms with Crippen molar-refractivity contribution >= 4 is 0 Å². The first kappa shape index (κ1) is 10.2. The van der Waals surface area contributed by atoms with Crippen molar-refractivity contribution in [2.45, 2.75) is 6.42 Å². The molecule has 1 N–H and O–H groups in total. The second-order valence-corrected chi connectivity index (χ2v) is 3.44. The summed E-state index contributed by atoms with van der Waals surface area (Å²) in [4.78, 5) is 13.8. The number of hydrogen-bond donors (Lipinski definition) is 1. The summed E-state index contributed by atoms with van der Waals surface area (Å²) in [6.07, 6.45) is 1.90. The van der Waals surface area contributed by atoms with Crippen molar-refractivity contribution in [3.05, 3.63) is 58.5 Å². The van der Waals surface area contributed by atoms with Crippen LogP contribution in [-0.2, 0) is 6.42 Å². The first-order valence-electron chi connectivity index (χ1n) is 4.95. The van der Waals surface area contributed by atoms with Gasteiger partial charge in [-0.1, -0.05) is 30.3 Å². The summed E-state index contributed by atoms with van der Waals surface area (Å²) in [6, 6.07) is 13.2. The fraction of sp³-hybridized carbons (Fsp3) is 0.0769. The molecule has 0 radical (unpaired) electrons. The fourth-order valence-corrected chi connectivity index (χ4v) is 1.63. The van der Waals surface area contributed by atoms with Gasteiger partial charge in [0, 0.05) is 17.8 Å². The van der Waals surface area contributed by atoms with Gasteiger partial charge >= 0.3 is 0 Å². The topological polar surface area (TPSA) is 56.6 Å². The quantitative estimate of drug-likeness (QED) is 0.825. The van der Waals surface area contributed by atoms with Crippen LogP contribution in [0.25, 0.3) is 11.1 Å². The molecule has 0 aliphatic carbocycles. The molecule has 0 saturated carbocycles. The van der Waals surface area contributed by atoms with Gasteiger partial charge in [0.1, 0.15) is 0 Å². The minimum Gasteiger partial charge on any atom is -0.328 e. The Kier molecular flexibility index (Phi) is 2.84. The highest BCUT2D eigenvalue weighted by molar-refractivity contribution is 5.66. The molecule has 2 rings (SSSR count). The lowest BCUT2D eigenvalue weighted by atomic mass is 10.0. The van der Waals surface area contributed by atoms with Crippen LogP contribution in [0.4, 0.5) is 0 Å². The number of H-pyrrole nitrogens is 1. The third-order valence-corrected chi connectivity index (χ3v) is 2.36. The van der Waals surface area contributed by atoms with Crippen molar-refractivity contribution in [2.24, 2.45) is 0 Å². The van der Waals surface area contributed by atoms with Crippen LogP contribution in [0.15, 0.2) is 47.4 Å². The Balaban J connectivity index is 2.57. The van der Waals surface area contributed by atoms with Crippen LogP contribution in [-0.4, -0.2) is 4.98 Å². The van der Waals surface area contributed by atoms with Crippen molar-refractivity contribution in [2.75, 3.05) is 0 Å². The Hall–Kier alpha value is -2.34. The number of nitrogens with one attached hydrogen (secondary N) is 1. The zero-order valence-electron chi connectivity index (χ0n) is 8.60. The Morgan fingerprint density at radius 1 is 1.25 bits per heavy atom. The lowest BCUT2D eigenvalue weighted by molar-refractivity contribution is 1.17. The fourth-order valence-electron chi connectivity index (χ4n) is 1.63. The number of pyridine rings is 1. The van der Waals surface area contributed by atoms with E-state index in [0.29, 0.717) is 0 Å². The van der Waals surface area contributed by atoms with E-state index in [0.717, 1.165) is 16.7 Å². The molecule has 3 nitrogen and oxygen atoms in total. The van der Waals surface area contributed by atoms with Gasteiger partial charge in [0.05, 0.1) is 12.5 Å². The number of nitriles is 1. The van der Waals surface area contributed by atoms with E-state index >= 15 is 0 Å². The number of rotatable bonds is 2. The highest BCUT2D eigenvalue weighted by Gasteiger charge is 2.04. The van der Waals surface area contributed by atoms with Gasteiger partial charge in [-0.3, -0.25) is 4.79 Å². The van der Waals surface area contributed by atoms with Gasteiger partial charge < -0.3 is 4.98 Å². The van der Waals surface area contributed by atoms with E-state index in [9.17, 15) is 4.79 Å². The summed E-state index contributed by atoms with van der Waals surface area (Å²) >= 11 is 0. The monoisotopic (exact) mass is 210 g/mol. The molecule has 16 heavy (non-hydrogen) atoms. The first-order chi connectivity index (χ1) is 7.81. The molecule has 78 valence electrons. The van der Waals surface area contributed by atoms with Gasteiger partial charge in [-0.05, 0) is 11.1 Å². The Labute approximate surface area is 93.0 Å². The molecule has 0 saturated heterocycles. The molecule has 0 fully saturated rings. The van der Waals surface area contributed by atoms with Crippen LogP contribution < -0.4 is 5.56 Å². The van der Waals surface area contributed by atoms with E-state index in [4.69, 9.17) is 5.26 Å². The van der Waals surface area contributed by atoms with E-state index in [2.05, 4.69) is 11.1 Å². The Bertz CT molecular complexity index is 579. The maximum Gasteiger partial charge on any atom is 0.248 e. The van der Waals surface area contributed by atoms with E-state index in [1.165, 1.54) is 6.07 Å². The van der Waals surface area contributed by atoms with Crippen molar-refractivity contribution in [1.29, 1.82) is 5.26 Å². The third-order valence-electron chi connectivity index (χ3n) is 2.36. The highest BCUT2D eigenvalue weighted by atomic mass is 16.1. The standard InChI is InChI=1S/C13H10N2O/c14-7-6-11-8-13(16)15-9-12(11)10-4-2-1-3-5-10/h1-5,8-9H,6H2,(H,15,16). The van der Waals surface area contributed by atoms with Crippen molar-refractivity contribution in [3.63, 3.8) is 0 Å². The van der Waals surface area contributed by atoms with E-state index < -0.39 is 0 Å². The largest absolute Gasteiger partial charge is 0.328 e. The lowest BCUT2D eigenvalue weighted by Gasteiger charge is -2.05. The molecule has 0 bridgehead atoms. The molecule has 1 aromatic carbocycles. The number of aromatic nitrogens is 1. The number of benzene rings is 1. The van der Waals surface area contributed by atoms with Crippen LogP contribution in [0, 0.1) is 11.3 Å². The summed E-state index contributed by atoms with van der Waals surface area (Å²) in [6.45, 7) is 0. The predicted molar refractivity (Wildman–Crippen MR) is 61.8 cm³/mol. The van der Waals surface area contributed by atoms with Crippen LogP contribution in [0.2, 0.25) is 0 Å². The van der Waals surface area contributed by atoms with Gasteiger partial charge in [-0.2, -0.15) is 5.26 Å². The zero-order chi connectivity index (χ0) is 11.4. The molecule has 1 heterocycles. The minimum atomic E-state index is -0.176. The van der Waals surface area contributed by atoms with Gasteiger partial charge in [0.2, 0.25) is 5.56 Å². The molecule has 2 aromatic rings. The van der Waals surface area contributed by atoms with Crippen LogP contribution in [0.1, 0.15) is 5.56 Å². The molecule has 0 amide bonds. The normalized spacial score (nSPS) is 9.69. The average molecular weight is 210 g/mol. The van der Waals surface area contributed by atoms with Gasteiger partial charge in [0.25, 0.3) is 0 Å². The Morgan fingerprint density at radius 2 is 2.00 bits per heavy atom. The smallest absolute Gasteiger partial charge is 0.248 e. The van der Waals surface area contributed by atoms with Crippen LogP contribution in [0.5, 0.6) is 0 Å². The maximum absolute atomic E-state index is 11.2. The summed E-state index contributed by atoms with van der Waals surface area (Å²) < 4.78 is 0. The van der Waals surface area contributed by atoms with Gasteiger partial charge in [0.15, 0.2) is 0 Å². The van der Waals surface area contributed by atoms with Crippen molar-refractivity contribution in [3.8, 4) is 17.2 Å². The molecule has 1 aromatic heterocycles. The van der Waals surface area contributed by atoms with Crippen molar-refractivity contribution < 1.29 is 0 Å². The molecule has 0 aliphatic rings. The van der Waals surface area contributed by atoms with E-state index in [-0.39, 0.29) is 12.0 Å². The molecular weight excluding hydrogens is 200 g/mol. The third kappa shape index (κ3) is 2.01. The van der Waals surface area contributed by atoms with Gasteiger partial charge in [-0.15, -0.1) is 0 Å². The maximum atomic E-state index is 11.2. The summed E-state index contributed by atoms with van der Waals surface area (Å²) in [5.41, 5.74) is 2.49. The van der Waals surface area contributed by atoms with E-state index in [1.54, 1.807) is 6.20 Å². The van der Waals surface area contributed by atoms with Crippen LogP contribution in [0.3, 0.4) is 0 Å². The average Bonchev–Trinajstić information content (AvgIpc) is 2.31. The minimum absolute atomic E-state index is 0.176. The van der Waals surface area contributed by atoms with E-state index in [1.807, 2.05) is 30.3 Å². The molecule has 0 aliphatic heterocycles. The Morgan fingerprint density at radius 3 is 2.69 bits per heavy atom. The molecule has 3 heteroatoms. The number of aromatic amines is 1.